The lowest BCUT2D eigenvalue weighted by Gasteiger charge is -2.14. The Morgan fingerprint density at radius 1 is 1.64 bits per heavy atom. The Balaban J connectivity index is 3.13. The molecule has 0 N–H and O–H groups in total. The molecule has 0 unspecified atom stereocenters. The molecule has 0 saturated heterocycles. The van der Waals surface area contributed by atoms with E-state index in [9.17, 15) is 9.18 Å². The number of carbonyl (C=O) groups excluding carboxylic acids is 1. The van der Waals surface area contributed by atoms with Crippen molar-refractivity contribution in [3.63, 3.8) is 0 Å². The summed E-state index contributed by atoms with van der Waals surface area (Å²) in [6, 6.07) is 5.59. The Morgan fingerprint density at radius 3 is 2.86 bits per heavy atom. The Bertz CT molecular complexity index is 414. The number of benzene rings is 1. The third-order valence-corrected chi connectivity index (χ3v) is 2.16. The highest BCUT2D eigenvalue weighted by Crippen LogP contribution is 2.22. The number of hydrogen-bond donors (Lipinski definition) is 0. The summed E-state index contributed by atoms with van der Waals surface area (Å²) < 4.78 is 13.8. The van der Waals surface area contributed by atoms with E-state index < -0.39 is 11.7 Å². The molecule has 1 aromatic rings. The van der Waals surface area contributed by atoms with Gasteiger partial charge >= 0.3 is 5.91 Å². The van der Waals surface area contributed by atoms with Crippen LogP contribution in [0.15, 0.2) is 22.7 Å². The monoisotopic (exact) mass is 256 g/mol. The predicted octanol–water partition coefficient (Wildman–Crippen LogP) is 2.07. The highest BCUT2D eigenvalue weighted by molar-refractivity contribution is 9.10. The number of amides is 1. The third-order valence-electron chi connectivity index (χ3n) is 1.67. The minimum atomic E-state index is -0.804. The van der Waals surface area contributed by atoms with E-state index in [-0.39, 0.29) is 5.69 Å². The zero-order valence-corrected chi connectivity index (χ0v) is 8.88. The normalized spacial score (nSPS) is 9.29. The van der Waals surface area contributed by atoms with Crippen molar-refractivity contribution >= 4 is 27.5 Å². The highest BCUT2D eigenvalue weighted by Gasteiger charge is 2.14. The van der Waals surface area contributed by atoms with Gasteiger partial charge in [0.25, 0.3) is 0 Å². The summed E-state index contributed by atoms with van der Waals surface area (Å²) in [6.07, 6.45) is 0. The average Bonchev–Trinajstić information content (AvgIpc) is 2.19. The summed E-state index contributed by atoms with van der Waals surface area (Å²) in [4.78, 5) is 11.9. The summed E-state index contributed by atoms with van der Waals surface area (Å²) >= 11 is 3.15. The predicted molar refractivity (Wildman–Crippen MR) is 53.1 cm³/mol. The summed E-state index contributed by atoms with van der Waals surface area (Å²) in [5.74, 6) is -1.35. The number of carbonyl (C=O) groups is 1. The van der Waals surface area contributed by atoms with Crippen LogP contribution in [0.1, 0.15) is 0 Å². The molecule has 0 spiro atoms. The quantitative estimate of drug-likeness (QED) is 0.723. The minimum absolute atomic E-state index is 0.0749. The van der Waals surface area contributed by atoms with Crippen LogP contribution >= 0.6 is 15.9 Å². The van der Waals surface area contributed by atoms with Crippen LogP contribution in [-0.2, 0) is 4.79 Å². The van der Waals surface area contributed by atoms with Gasteiger partial charge in [0.2, 0.25) is 0 Å². The molecule has 1 aromatic carbocycles. The Hall–Kier alpha value is -1.41. The van der Waals surface area contributed by atoms with Crippen molar-refractivity contribution in [2.75, 3.05) is 11.9 Å². The fourth-order valence-electron chi connectivity index (χ4n) is 0.927. The number of rotatable bonds is 1. The molecule has 0 bridgehead atoms. The van der Waals surface area contributed by atoms with Gasteiger partial charge in [-0.2, -0.15) is 5.26 Å². The van der Waals surface area contributed by atoms with E-state index in [1.165, 1.54) is 31.3 Å². The van der Waals surface area contributed by atoms with Crippen molar-refractivity contribution in [2.24, 2.45) is 0 Å². The van der Waals surface area contributed by atoms with Crippen LogP contribution in [0.4, 0.5) is 10.1 Å². The van der Waals surface area contributed by atoms with Gasteiger partial charge in [-0.15, -0.1) is 0 Å². The molecule has 0 fully saturated rings. The molecule has 5 heteroatoms. The van der Waals surface area contributed by atoms with Crippen LogP contribution in [0.25, 0.3) is 0 Å². The molecule has 0 radical (unpaired) electrons. The first-order chi connectivity index (χ1) is 6.56. The van der Waals surface area contributed by atoms with E-state index in [2.05, 4.69) is 15.9 Å². The molecule has 0 heterocycles. The van der Waals surface area contributed by atoms with Crippen molar-refractivity contribution in [3.8, 4) is 6.07 Å². The Morgan fingerprint density at radius 2 is 2.29 bits per heavy atom. The van der Waals surface area contributed by atoms with Crippen LogP contribution in [0.3, 0.4) is 0 Å². The lowest BCUT2D eigenvalue weighted by atomic mass is 10.3. The van der Waals surface area contributed by atoms with E-state index in [1.807, 2.05) is 0 Å². The first-order valence-electron chi connectivity index (χ1n) is 3.69. The number of nitriles is 1. The average molecular weight is 257 g/mol. The summed E-state index contributed by atoms with van der Waals surface area (Å²) in [5.41, 5.74) is 0.0749. The van der Waals surface area contributed by atoms with Crippen LogP contribution in [0.5, 0.6) is 0 Å². The van der Waals surface area contributed by atoms with Crippen LogP contribution < -0.4 is 4.90 Å². The van der Waals surface area contributed by atoms with E-state index in [0.717, 1.165) is 4.90 Å². The molecule has 0 aliphatic carbocycles. The SMILES string of the molecule is CN(C(=O)C#N)c1cc(Br)ccc1F. The molecule has 0 aromatic heterocycles. The zero-order chi connectivity index (χ0) is 10.7. The van der Waals surface area contributed by atoms with Crippen molar-refractivity contribution in [1.82, 2.24) is 0 Å². The van der Waals surface area contributed by atoms with Crippen molar-refractivity contribution in [2.45, 2.75) is 0 Å². The summed E-state index contributed by atoms with van der Waals surface area (Å²) in [5, 5.41) is 8.35. The molecular weight excluding hydrogens is 251 g/mol. The number of nitrogens with zero attached hydrogens (tertiary/aromatic N) is 2. The first-order valence-corrected chi connectivity index (χ1v) is 4.48. The first kappa shape index (κ1) is 10.7. The zero-order valence-electron chi connectivity index (χ0n) is 7.29. The number of anilines is 1. The molecule has 72 valence electrons. The molecule has 1 rings (SSSR count). The van der Waals surface area contributed by atoms with Crippen molar-refractivity contribution < 1.29 is 9.18 Å². The third kappa shape index (κ3) is 2.09. The van der Waals surface area contributed by atoms with Gasteiger partial charge in [0.1, 0.15) is 5.82 Å². The lowest BCUT2D eigenvalue weighted by molar-refractivity contribution is -0.113. The maximum absolute atomic E-state index is 13.2. The largest absolute Gasteiger partial charge is 0.329 e. The topological polar surface area (TPSA) is 44.1 Å². The van der Waals surface area contributed by atoms with Crippen molar-refractivity contribution in [3.05, 3.63) is 28.5 Å². The van der Waals surface area contributed by atoms with E-state index in [1.54, 1.807) is 0 Å². The molecule has 0 atom stereocenters. The standard InChI is InChI=1S/C9H6BrFN2O/c1-13(9(14)5-12)8-4-6(10)2-3-7(8)11/h2-4H,1H3. The molecule has 0 saturated carbocycles. The summed E-state index contributed by atoms with van der Waals surface area (Å²) in [7, 11) is 1.34. The smallest absolute Gasteiger partial charge is 0.300 e. The van der Waals surface area contributed by atoms with Gasteiger partial charge in [0, 0.05) is 11.5 Å². The van der Waals surface area contributed by atoms with Crippen molar-refractivity contribution in [1.29, 1.82) is 5.26 Å². The second-order valence-electron chi connectivity index (χ2n) is 2.57. The van der Waals surface area contributed by atoms with Gasteiger partial charge in [-0.1, -0.05) is 15.9 Å². The van der Waals surface area contributed by atoms with Crippen LogP contribution in [0.2, 0.25) is 0 Å². The number of hydrogen-bond acceptors (Lipinski definition) is 2. The van der Waals surface area contributed by atoms with Gasteiger partial charge in [-0.25, -0.2) is 4.39 Å². The van der Waals surface area contributed by atoms with E-state index in [4.69, 9.17) is 5.26 Å². The lowest BCUT2D eigenvalue weighted by Crippen LogP contribution is -2.25. The highest BCUT2D eigenvalue weighted by atomic mass is 79.9. The van der Waals surface area contributed by atoms with Gasteiger partial charge in [-0.05, 0) is 18.2 Å². The molecule has 0 aliphatic heterocycles. The summed E-state index contributed by atoms with van der Waals surface area (Å²) in [6.45, 7) is 0. The second-order valence-corrected chi connectivity index (χ2v) is 3.49. The van der Waals surface area contributed by atoms with Crippen LogP contribution in [-0.4, -0.2) is 13.0 Å². The van der Waals surface area contributed by atoms with Crippen LogP contribution in [0, 0.1) is 17.1 Å². The van der Waals surface area contributed by atoms with E-state index >= 15 is 0 Å². The molecule has 1 amide bonds. The molecular formula is C9H6BrFN2O. The van der Waals surface area contributed by atoms with E-state index in [0.29, 0.717) is 4.47 Å². The fraction of sp³-hybridized carbons (Fsp3) is 0.111. The van der Waals surface area contributed by atoms with Gasteiger partial charge in [-0.3, -0.25) is 4.79 Å². The minimum Gasteiger partial charge on any atom is -0.300 e. The maximum atomic E-state index is 13.2. The van der Waals surface area contributed by atoms with Gasteiger partial charge in [0.05, 0.1) is 5.69 Å². The molecule has 3 nitrogen and oxygen atoms in total. The fourth-order valence-corrected chi connectivity index (χ4v) is 1.28. The second kappa shape index (κ2) is 4.20. The molecule has 0 aliphatic rings. The maximum Gasteiger partial charge on any atom is 0.329 e. The Kier molecular flexibility index (Phi) is 3.20. The Labute approximate surface area is 88.9 Å². The van der Waals surface area contributed by atoms with Gasteiger partial charge < -0.3 is 4.90 Å². The van der Waals surface area contributed by atoms with Gasteiger partial charge in [0.15, 0.2) is 6.07 Å². The number of halogens is 2. The molecule has 14 heavy (non-hydrogen) atoms.